The molecular formula is C30H30FN5O3. The largest absolute Gasteiger partial charge is 0.344 e. The Labute approximate surface area is 226 Å². The van der Waals surface area contributed by atoms with E-state index in [9.17, 15) is 14.0 Å². The van der Waals surface area contributed by atoms with Crippen molar-refractivity contribution in [2.45, 2.75) is 25.9 Å². The molecule has 9 heteroatoms. The molecule has 4 aromatic rings. The van der Waals surface area contributed by atoms with Crippen molar-refractivity contribution < 1.29 is 18.5 Å². The van der Waals surface area contributed by atoms with Gasteiger partial charge in [0.25, 0.3) is 5.89 Å². The third-order valence-corrected chi connectivity index (χ3v) is 6.81. The van der Waals surface area contributed by atoms with Crippen LogP contribution in [0.5, 0.6) is 0 Å². The Hall–Kier alpha value is -4.37. The van der Waals surface area contributed by atoms with Gasteiger partial charge in [-0.05, 0) is 29.3 Å². The van der Waals surface area contributed by atoms with Crippen LogP contribution in [0.4, 0.5) is 4.39 Å². The van der Waals surface area contributed by atoms with Crippen LogP contribution in [0.1, 0.15) is 18.1 Å². The predicted molar refractivity (Wildman–Crippen MR) is 145 cm³/mol. The summed E-state index contributed by atoms with van der Waals surface area (Å²) in [4.78, 5) is 33.5. The summed E-state index contributed by atoms with van der Waals surface area (Å²) in [6.45, 7) is 4.58. The molecular weight excluding hydrogens is 497 g/mol. The van der Waals surface area contributed by atoms with E-state index in [4.69, 9.17) is 4.52 Å². The molecule has 2 heterocycles. The minimum Gasteiger partial charge on any atom is -0.344 e. The second-order valence-corrected chi connectivity index (χ2v) is 9.64. The zero-order valence-corrected chi connectivity index (χ0v) is 21.7. The predicted octanol–water partition coefficient (Wildman–Crippen LogP) is 3.93. The molecule has 1 unspecified atom stereocenters. The Bertz CT molecular complexity index is 1420. The molecule has 3 aromatic carbocycles. The van der Waals surface area contributed by atoms with E-state index in [1.807, 2.05) is 54.6 Å². The molecule has 0 saturated carbocycles. The van der Waals surface area contributed by atoms with Gasteiger partial charge in [0.15, 0.2) is 0 Å². The maximum absolute atomic E-state index is 14.2. The number of carbonyl (C=O) groups is 2. The van der Waals surface area contributed by atoms with Gasteiger partial charge in [0.1, 0.15) is 11.9 Å². The Morgan fingerprint density at radius 1 is 0.923 bits per heavy atom. The van der Waals surface area contributed by atoms with Crippen molar-refractivity contribution in [2.75, 3.05) is 26.2 Å². The Balaban J connectivity index is 1.16. The molecule has 39 heavy (non-hydrogen) atoms. The zero-order chi connectivity index (χ0) is 27.2. The minimum absolute atomic E-state index is 0.116. The summed E-state index contributed by atoms with van der Waals surface area (Å²) in [7, 11) is 0. The lowest BCUT2D eigenvalue weighted by Gasteiger charge is -2.36. The lowest BCUT2D eigenvalue weighted by molar-refractivity contribution is -0.137. The van der Waals surface area contributed by atoms with Gasteiger partial charge in [-0.3, -0.25) is 14.5 Å². The average molecular weight is 528 g/mol. The number of benzene rings is 3. The van der Waals surface area contributed by atoms with Crippen molar-refractivity contribution in [1.29, 1.82) is 0 Å². The van der Waals surface area contributed by atoms with Gasteiger partial charge >= 0.3 is 0 Å². The Kier molecular flexibility index (Phi) is 8.07. The van der Waals surface area contributed by atoms with E-state index >= 15 is 0 Å². The van der Waals surface area contributed by atoms with Gasteiger partial charge in [0, 0.05) is 57.2 Å². The number of halogens is 1. The van der Waals surface area contributed by atoms with Gasteiger partial charge in [0.05, 0.1) is 0 Å². The molecule has 8 nitrogen and oxygen atoms in total. The van der Waals surface area contributed by atoms with Gasteiger partial charge in [-0.15, -0.1) is 0 Å². The van der Waals surface area contributed by atoms with Crippen LogP contribution in [0, 0.1) is 5.82 Å². The highest BCUT2D eigenvalue weighted by atomic mass is 19.1. The molecule has 1 aliphatic rings. The van der Waals surface area contributed by atoms with Crippen LogP contribution in [0.2, 0.25) is 0 Å². The van der Waals surface area contributed by atoms with Gasteiger partial charge in [0.2, 0.25) is 17.6 Å². The number of rotatable bonds is 8. The molecule has 1 atom stereocenters. The van der Waals surface area contributed by atoms with Gasteiger partial charge in [-0.1, -0.05) is 65.8 Å². The van der Waals surface area contributed by atoms with E-state index in [2.05, 4.69) is 20.4 Å². The van der Waals surface area contributed by atoms with Crippen molar-refractivity contribution >= 4 is 11.8 Å². The molecule has 2 amide bonds. The lowest BCUT2D eigenvalue weighted by atomic mass is 10.0. The SMILES string of the molecule is CC(=O)NC(Cc1ccccc1F)C(=O)N1CCN(Cc2ccc(-c3noc(-c4ccccc4)n3)cc2)CC1. The summed E-state index contributed by atoms with van der Waals surface area (Å²) in [5.74, 6) is 0.136. The Morgan fingerprint density at radius 2 is 1.62 bits per heavy atom. The van der Waals surface area contributed by atoms with Crippen molar-refractivity contribution in [3.63, 3.8) is 0 Å². The zero-order valence-electron chi connectivity index (χ0n) is 21.7. The van der Waals surface area contributed by atoms with Gasteiger partial charge in [-0.2, -0.15) is 4.98 Å². The molecule has 0 bridgehead atoms. The average Bonchev–Trinajstić information content (AvgIpc) is 3.45. The van der Waals surface area contributed by atoms with Crippen LogP contribution in [-0.4, -0.2) is 64.0 Å². The maximum atomic E-state index is 14.2. The van der Waals surface area contributed by atoms with Crippen LogP contribution in [0.3, 0.4) is 0 Å². The number of amides is 2. The topological polar surface area (TPSA) is 91.6 Å². The van der Waals surface area contributed by atoms with E-state index in [-0.39, 0.29) is 24.1 Å². The number of hydrogen-bond acceptors (Lipinski definition) is 6. The third-order valence-electron chi connectivity index (χ3n) is 6.81. The second-order valence-electron chi connectivity index (χ2n) is 9.64. The van der Waals surface area contributed by atoms with Crippen LogP contribution in [-0.2, 0) is 22.6 Å². The molecule has 0 spiro atoms. The van der Waals surface area contributed by atoms with Crippen molar-refractivity contribution in [1.82, 2.24) is 25.3 Å². The van der Waals surface area contributed by atoms with Crippen molar-refractivity contribution in [2.24, 2.45) is 0 Å². The molecule has 200 valence electrons. The highest BCUT2D eigenvalue weighted by Gasteiger charge is 2.29. The maximum Gasteiger partial charge on any atom is 0.258 e. The monoisotopic (exact) mass is 527 g/mol. The first-order valence-corrected chi connectivity index (χ1v) is 13.0. The van der Waals surface area contributed by atoms with Crippen molar-refractivity contribution in [3.05, 3.63) is 95.8 Å². The number of piperazine rings is 1. The number of nitrogens with one attached hydrogen (secondary N) is 1. The first-order valence-electron chi connectivity index (χ1n) is 13.0. The lowest BCUT2D eigenvalue weighted by Crippen LogP contribution is -2.55. The fourth-order valence-corrected chi connectivity index (χ4v) is 4.73. The van der Waals surface area contributed by atoms with Gasteiger partial charge < -0.3 is 14.7 Å². The highest BCUT2D eigenvalue weighted by Crippen LogP contribution is 2.23. The molecule has 1 aliphatic heterocycles. The van der Waals surface area contributed by atoms with Crippen LogP contribution >= 0.6 is 0 Å². The first kappa shape index (κ1) is 26.2. The van der Waals surface area contributed by atoms with Gasteiger partial charge in [-0.25, -0.2) is 4.39 Å². The summed E-state index contributed by atoms with van der Waals surface area (Å²) in [5.41, 5.74) is 3.30. The third kappa shape index (κ3) is 6.56. The van der Waals surface area contributed by atoms with Crippen molar-refractivity contribution in [3.8, 4) is 22.8 Å². The number of aromatic nitrogens is 2. The van der Waals surface area contributed by atoms with E-state index in [1.54, 1.807) is 23.1 Å². The van der Waals surface area contributed by atoms with E-state index < -0.39 is 6.04 Å². The summed E-state index contributed by atoms with van der Waals surface area (Å²) < 4.78 is 19.6. The first-order chi connectivity index (χ1) is 19.0. The summed E-state index contributed by atoms with van der Waals surface area (Å²) in [6, 6.07) is 23.2. The summed E-state index contributed by atoms with van der Waals surface area (Å²) in [5, 5.41) is 6.82. The standard InChI is InChI=1S/C30H30FN5O3/c1-21(37)32-27(19-25-9-5-6-10-26(25)31)30(38)36-17-15-35(16-18-36)20-22-11-13-23(14-12-22)28-33-29(39-34-28)24-7-3-2-4-8-24/h2-14,27H,15-20H2,1H3,(H,32,37). The smallest absolute Gasteiger partial charge is 0.258 e. The Morgan fingerprint density at radius 3 is 2.31 bits per heavy atom. The van der Waals surface area contributed by atoms with Crippen LogP contribution in [0.15, 0.2) is 83.4 Å². The molecule has 1 saturated heterocycles. The quantitative estimate of drug-likeness (QED) is 0.373. The summed E-state index contributed by atoms with van der Waals surface area (Å²) >= 11 is 0. The molecule has 1 N–H and O–H groups in total. The normalized spacial score (nSPS) is 14.7. The van der Waals surface area contributed by atoms with E-state index in [0.29, 0.717) is 43.5 Å². The second kappa shape index (κ2) is 12.0. The fourth-order valence-electron chi connectivity index (χ4n) is 4.73. The molecule has 1 fully saturated rings. The number of nitrogens with zero attached hydrogens (tertiary/aromatic N) is 4. The number of carbonyl (C=O) groups excluding carboxylic acids is 2. The summed E-state index contributed by atoms with van der Waals surface area (Å²) in [6.07, 6.45) is 0.116. The minimum atomic E-state index is -0.800. The van der Waals surface area contributed by atoms with E-state index in [1.165, 1.54) is 13.0 Å². The molecule has 5 rings (SSSR count). The fraction of sp³-hybridized carbons (Fsp3) is 0.267. The van der Waals surface area contributed by atoms with E-state index in [0.717, 1.165) is 23.2 Å². The molecule has 0 aliphatic carbocycles. The van der Waals surface area contributed by atoms with Crippen LogP contribution < -0.4 is 5.32 Å². The van der Waals surface area contributed by atoms with Crippen LogP contribution in [0.25, 0.3) is 22.8 Å². The highest BCUT2D eigenvalue weighted by molar-refractivity contribution is 5.87. The number of hydrogen-bond donors (Lipinski definition) is 1. The molecule has 1 aromatic heterocycles. The molecule has 0 radical (unpaired) electrons.